The van der Waals surface area contributed by atoms with Gasteiger partial charge in [-0.05, 0) is 25.2 Å². The molecule has 0 spiro atoms. The van der Waals surface area contributed by atoms with E-state index in [0.29, 0.717) is 19.4 Å². The van der Waals surface area contributed by atoms with E-state index in [1.54, 1.807) is 6.92 Å². The van der Waals surface area contributed by atoms with E-state index in [1.807, 2.05) is 6.92 Å². The van der Waals surface area contributed by atoms with Gasteiger partial charge in [-0.25, -0.2) is 4.79 Å². The molecule has 0 aromatic heterocycles. The summed E-state index contributed by atoms with van der Waals surface area (Å²) in [7, 11) is 0. The smallest absolute Gasteiger partial charge is 0.327 e. The third-order valence-electron chi connectivity index (χ3n) is 5.21. The number of hydrogen-bond donors (Lipinski definition) is 9. The van der Waals surface area contributed by atoms with E-state index >= 15 is 0 Å². The number of aliphatic imine (C=N–C) groups is 1. The predicted molar refractivity (Wildman–Crippen MR) is 133 cm³/mol. The van der Waals surface area contributed by atoms with Gasteiger partial charge in [-0.3, -0.25) is 24.2 Å². The molecule has 15 heteroatoms. The molecule has 0 heterocycles. The Hall–Kier alpha value is -3.07. The quantitative estimate of drug-likeness (QED) is 0.0414. The number of rotatable bonds is 17. The van der Waals surface area contributed by atoms with Crippen LogP contribution in [0.15, 0.2) is 4.99 Å². The van der Waals surface area contributed by atoms with Gasteiger partial charge in [0.25, 0.3) is 0 Å². The Balaban J connectivity index is 5.42. The van der Waals surface area contributed by atoms with Crippen LogP contribution < -0.4 is 38.9 Å². The highest BCUT2D eigenvalue weighted by atomic mass is 32.1. The van der Waals surface area contributed by atoms with Gasteiger partial charge in [0, 0.05) is 18.7 Å². The van der Waals surface area contributed by atoms with Crippen LogP contribution in [0.25, 0.3) is 0 Å². The van der Waals surface area contributed by atoms with E-state index in [1.165, 1.54) is 0 Å². The Kier molecular flexibility index (Phi) is 15.1. The van der Waals surface area contributed by atoms with Crippen LogP contribution in [0.3, 0.4) is 0 Å². The largest absolute Gasteiger partial charge is 0.480 e. The molecule has 0 aliphatic heterocycles. The average molecular weight is 519 g/mol. The van der Waals surface area contributed by atoms with E-state index in [0.717, 1.165) is 0 Å². The van der Waals surface area contributed by atoms with Crippen molar-refractivity contribution in [1.29, 1.82) is 0 Å². The van der Waals surface area contributed by atoms with Crippen molar-refractivity contribution >= 4 is 48.2 Å². The average Bonchev–Trinajstić information content (AvgIpc) is 2.79. The van der Waals surface area contributed by atoms with Crippen molar-refractivity contribution in [3.63, 3.8) is 0 Å². The van der Waals surface area contributed by atoms with Gasteiger partial charge < -0.3 is 44.0 Å². The second kappa shape index (κ2) is 16.5. The molecule has 12 N–H and O–H groups in total. The number of nitrogens with one attached hydrogen (secondary N) is 3. The van der Waals surface area contributed by atoms with Gasteiger partial charge in [-0.1, -0.05) is 20.3 Å². The van der Waals surface area contributed by atoms with Crippen LogP contribution in [-0.2, 0) is 24.0 Å². The summed E-state index contributed by atoms with van der Waals surface area (Å²) in [5.41, 5.74) is 21.6. The number of nitrogens with two attached hydrogens (primary N) is 4. The van der Waals surface area contributed by atoms with E-state index in [9.17, 15) is 24.0 Å². The zero-order valence-corrected chi connectivity index (χ0v) is 20.9. The van der Waals surface area contributed by atoms with Gasteiger partial charge >= 0.3 is 5.97 Å². The fourth-order valence-corrected chi connectivity index (χ4v) is 3.13. The number of primary amides is 1. The number of aliphatic carboxylic acids is 1. The SMILES string of the molecule is CCC(C)C(NC(=O)C(N)CCCN=C(N)N)C(=O)NC(CCC(N)=O)C(=O)NC(CS)C(=O)O. The Morgan fingerprint density at radius 1 is 0.943 bits per heavy atom. The Bertz CT molecular complexity index is 777. The van der Waals surface area contributed by atoms with Crippen molar-refractivity contribution in [1.82, 2.24) is 16.0 Å². The normalized spacial score (nSPS) is 15.0. The summed E-state index contributed by atoms with van der Waals surface area (Å²) in [4.78, 5) is 64.5. The molecule has 0 aliphatic carbocycles. The number of guanidine groups is 1. The third-order valence-corrected chi connectivity index (χ3v) is 5.57. The highest BCUT2D eigenvalue weighted by Crippen LogP contribution is 2.10. The summed E-state index contributed by atoms with van der Waals surface area (Å²) >= 11 is 3.89. The molecule has 0 aromatic rings. The Morgan fingerprint density at radius 3 is 2.03 bits per heavy atom. The molecule has 0 radical (unpaired) electrons. The molecule has 14 nitrogen and oxygen atoms in total. The van der Waals surface area contributed by atoms with Crippen LogP contribution in [-0.4, -0.2) is 77.1 Å². The lowest BCUT2D eigenvalue weighted by atomic mass is 9.96. The first-order valence-electron chi connectivity index (χ1n) is 11.2. The maximum atomic E-state index is 13.0. The van der Waals surface area contributed by atoms with Gasteiger partial charge in [-0.2, -0.15) is 12.6 Å². The van der Waals surface area contributed by atoms with Crippen molar-refractivity contribution < 1.29 is 29.1 Å². The lowest BCUT2D eigenvalue weighted by molar-refractivity contribution is -0.141. The van der Waals surface area contributed by atoms with Gasteiger partial charge in [0.05, 0.1) is 6.04 Å². The molecule has 0 rings (SSSR count). The van der Waals surface area contributed by atoms with Crippen molar-refractivity contribution in [2.24, 2.45) is 33.8 Å². The van der Waals surface area contributed by atoms with E-state index in [4.69, 9.17) is 28.0 Å². The number of carboxylic acids is 1. The van der Waals surface area contributed by atoms with Crippen molar-refractivity contribution in [3.8, 4) is 0 Å². The van der Waals surface area contributed by atoms with Gasteiger partial charge in [0.15, 0.2) is 5.96 Å². The van der Waals surface area contributed by atoms with Crippen LogP contribution in [0.4, 0.5) is 0 Å². The van der Waals surface area contributed by atoms with Crippen LogP contribution in [0.1, 0.15) is 46.0 Å². The minimum absolute atomic E-state index is 0.0736. The molecule has 0 bridgehead atoms. The van der Waals surface area contributed by atoms with E-state index < -0.39 is 53.8 Å². The monoisotopic (exact) mass is 518 g/mol. The fourth-order valence-electron chi connectivity index (χ4n) is 2.89. The molecule has 5 unspecified atom stereocenters. The minimum atomic E-state index is -1.31. The number of hydrogen-bond acceptors (Lipinski definition) is 8. The first-order valence-corrected chi connectivity index (χ1v) is 11.8. The number of carbonyl (C=O) groups is 5. The minimum Gasteiger partial charge on any atom is -0.480 e. The highest BCUT2D eigenvalue weighted by Gasteiger charge is 2.32. The molecule has 35 heavy (non-hydrogen) atoms. The molecule has 0 aliphatic rings. The van der Waals surface area contributed by atoms with Crippen LogP contribution in [0.2, 0.25) is 0 Å². The van der Waals surface area contributed by atoms with Crippen molar-refractivity contribution in [2.45, 2.75) is 70.1 Å². The topological polar surface area (TPSA) is 258 Å². The first-order chi connectivity index (χ1) is 16.3. The molecule has 0 saturated carbocycles. The summed E-state index contributed by atoms with van der Waals surface area (Å²) < 4.78 is 0. The second-order valence-corrected chi connectivity index (χ2v) is 8.44. The van der Waals surface area contributed by atoms with Crippen LogP contribution in [0, 0.1) is 5.92 Å². The summed E-state index contributed by atoms with van der Waals surface area (Å²) in [6.07, 6.45) is 0.811. The standard InChI is InChI=1S/C20H38N8O6S/c1-3-10(2)15(28-16(30)11(21)5-4-8-25-20(23)24)18(32)26-12(6-7-14(22)29)17(31)27-13(9-35)19(33)34/h10-13,15,35H,3-9,21H2,1-2H3,(H2,22,29)(H,26,32)(H,27,31)(H,28,30)(H,33,34)(H4,23,24,25). The fraction of sp³-hybridized carbons (Fsp3) is 0.700. The molecule has 200 valence electrons. The summed E-state index contributed by atoms with van der Waals surface area (Å²) in [6, 6.07) is -4.54. The zero-order valence-electron chi connectivity index (χ0n) is 20.0. The van der Waals surface area contributed by atoms with Gasteiger partial charge in [0.2, 0.25) is 23.6 Å². The maximum Gasteiger partial charge on any atom is 0.327 e. The number of carboxylic acid groups (broad SMARTS) is 1. The zero-order chi connectivity index (χ0) is 27.1. The van der Waals surface area contributed by atoms with Gasteiger partial charge in [0.1, 0.15) is 18.1 Å². The molecular weight excluding hydrogens is 480 g/mol. The summed E-state index contributed by atoms with van der Waals surface area (Å²) in [6.45, 7) is 3.83. The predicted octanol–water partition coefficient (Wildman–Crippen LogP) is -2.85. The third kappa shape index (κ3) is 12.8. The van der Waals surface area contributed by atoms with E-state index in [2.05, 4.69) is 33.6 Å². The number of amides is 4. The molecule has 0 saturated heterocycles. The van der Waals surface area contributed by atoms with Crippen molar-refractivity contribution in [2.75, 3.05) is 12.3 Å². The molecular formula is C20H38N8O6S. The number of thiol groups is 1. The highest BCUT2D eigenvalue weighted by molar-refractivity contribution is 7.80. The van der Waals surface area contributed by atoms with Gasteiger partial charge in [-0.15, -0.1) is 0 Å². The second-order valence-electron chi connectivity index (χ2n) is 8.08. The summed E-state index contributed by atoms with van der Waals surface area (Å²) in [5, 5.41) is 16.5. The first kappa shape index (κ1) is 31.9. The lowest BCUT2D eigenvalue weighted by Crippen LogP contribution is -2.58. The van der Waals surface area contributed by atoms with Crippen LogP contribution in [0.5, 0.6) is 0 Å². The molecule has 0 fully saturated rings. The maximum absolute atomic E-state index is 13.0. The van der Waals surface area contributed by atoms with Crippen molar-refractivity contribution in [3.05, 3.63) is 0 Å². The molecule has 5 atom stereocenters. The Labute approximate surface area is 209 Å². The lowest BCUT2D eigenvalue weighted by Gasteiger charge is -2.27. The van der Waals surface area contributed by atoms with E-state index in [-0.39, 0.29) is 36.9 Å². The Morgan fingerprint density at radius 2 is 1.54 bits per heavy atom. The summed E-state index contributed by atoms with van der Waals surface area (Å²) in [5.74, 6) is -4.72. The van der Waals surface area contributed by atoms with Crippen LogP contribution >= 0.6 is 12.6 Å². The molecule has 0 aromatic carbocycles. The number of carbonyl (C=O) groups excluding carboxylic acids is 4. The molecule has 4 amide bonds. The number of nitrogens with zero attached hydrogens (tertiary/aromatic N) is 1.